The van der Waals surface area contributed by atoms with Crippen LogP contribution in [0.5, 0.6) is 0 Å². The maximum atomic E-state index is 2.60. The van der Waals surface area contributed by atoms with Crippen LogP contribution in [-0.2, 0) is 0 Å². The zero-order valence-corrected chi connectivity index (χ0v) is 22.5. The van der Waals surface area contributed by atoms with Crippen LogP contribution in [-0.4, -0.2) is 63.3 Å². The number of likely N-dealkylation sites (tertiary alicyclic amines) is 1. The van der Waals surface area contributed by atoms with Crippen molar-refractivity contribution in [3.8, 4) is 0 Å². The van der Waals surface area contributed by atoms with Crippen molar-refractivity contribution < 1.29 is 56.9 Å². The van der Waals surface area contributed by atoms with Gasteiger partial charge in [-0.05, 0) is 50.4 Å². The molecule has 0 spiro atoms. The summed E-state index contributed by atoms with van der Waals surface area (Å²) < 4.78 is 2.50. The lowest BCUT2D eigenvalue weighted by atomic mass is 9.58. The summed E-state index contributed by atoms with van der Waals surface area (Å²) in [7, 11) is 9.63. The van der Waals surface area contributed by atoms with Gasteiger partial charge in [0.2, 0.25) is 0 Å². The summed E-state index contributed by atoms with van der Waals surface area (Å²) >= 11 is 0. The van der Waals surface area contributed by atoms with E-state index in [9.17, 15) is 0 Å². The molecule has 0 aromatic heterocycles. The minimum Gasteiger partial charge on any atom is -1.00 e. The number of quaternary nitrogens is 2. The minimum atomic E-state index is 0. The van der Waals surface area contributed by atoms with Gasteiger partial charge in [0, 0.05) is 18.3 Å². The number of nitrogens with zero attached hydrogens (tertiary/aromatic N) is 2. The minimum absolute atomic E-state index is 0. The number of rotatable bonds is 4. The van der Waals surface area contributed by atoms with E-state index >= 15 is 0 Å². The number of halogens is 2. The lowest BCUT2D eigenvalue weighted by Crippen LogP contribution is -3.00. The monoisotopic (exact) mass is 600 g/mol. The number of allylic oxidation sites excluding steroid dienone is 2. The third-order valence-electron chi connectivity index (χ3n) is 8.14. The molecule has 1 aliphatic heterocycles. The highest BCUT2D eigenvalue weighted by Gasteiger charge is 2.53. The summed E-state index contributed by atoms with van der Waals surface area (Å²) in [5.74, 6) is 4.02. The number of hydrogen-bond acceptors (Lipinski definition) is 0. The van der Waals surface area contributed by atoms with Crippen LogP contribution in [0.25, 0.3) is 0 Å². The lowest BCUT2D eigenvalue weighted by molar-refractivity contribution is -0.910. The molecule has 3 fully saturated rings. The van der Waals surface area contributed by atoms with Crippen molar-refractivity contribution in [1.82, 2.24) is 0 Å². The average molecular weight is 600 g/mol. The number of hydrogen-bond donors (Lipinski definition) is 0. The molecule has 1 heterocycles. The fourth-order valence-electron chi connectivity index (χ4n) is 7.14. The van der Waals surface area contributed by atoms with Gasteiger partial charge in [-0.3, -0.25) is 0 Å². The van der Waals surface area contributed by atoms with Gasteiger partial charge in [0.25, 0.3) is 0 Å². The Labute approximate surface area is 202 Å². The molecule has 0 aromatic carbocycles. The van der Waals surface area contributed by atoms with E-state index in [0.717, 1.165) is 28.2 Å². The quantitative estimate of drug-likeness (QED) is 0.209. The van der Waals surface area contributed by atoms with Gasteiger partial charge in [-0.25, -0.2) is 0 Å². The summed E-state index contributed by atoms with van der Waals surface area (Å²) in [4.78, 5) is 0. The molecule has 1 saturated heterocycles. The van der Waals surface area contributed by atoms with Crippen LogP contribution in [0, 0.1) is 23.7 Å². The second-order valence-electron chi connectivity index (χ2n) is 11.2. The highest BCUT2D eigenvalue weighted by Crippen LogP contribution is 2.55. The first-order chi connectivity index (χ1) is 11.9. The van der Waals surface area contributed by atoms with Crippen molar-refractivity contribution >= 4 is 0 Å². The molecule has 3 aliphatic carbocycles. The summed E-state index contributed by atoms with van der Waals surface area (Å²) in [5.41, 5.74) is 3.99. The fourth-order valence-corrected chi connectivity index (χ4v) is 7.14. The van der Waals surface area contributed by atoms with Crippen molar-refractivity contribution in [3.05, 3.63) is 11.1 Å². The van der Waals surface area contributed by atoms with Gasteiger partial charge >= 0.3 is 0 Å². The number of fused-ring (bicyclic) bond motifs is 5. The molecule has 4 aliphatic rings. The molecule has 2 nitrogen and oxygen atoms in total. The molecule has 4 atom stereocenters. The third kappa shape index (κ3) is 5.25. The summed E-state index contributed by atoms with van der Waals surface area (Å²) in [6, 6.07) is 0. The van der Waals surface area contributed by atoms with Crippen molar-refractivity contribution in [2.75, 3.05) is 54.4 Å². The Balaban J connectivity index is 0.00000131. The van der Waals surface area contributed by atoms with E-state index in [0.29, 0.717) is 0 Å². The average Bonchev–Trinajstić information content (AvgIpc) is 2.92. The first-order valence-corrected chi connectivity index (χ1v) is 11.2. The van der Waals surface area contributed by atoms with Crippen LogP contribution < -0.4 is 48.0 Å². The highest BCUT2D eigenvalue weighted by atomic mass is 127. The summed E-state index contributed by atoms with van der Waals surface area (Å²) in [6.07, 6.45) is 13.3. The second kappa shape index (κ2) is 9.51. The second-order valence-corrected chi connectivity index (χ2v) is 11.2. The Hall–Kier alpha value is 1.12. The third-order valence-corrected chi connectivity index (χ3v) is 8.14. The molecular weight excluding hydrogens is 558 g/mol. The molecule has 0 N–H and O–H groups in total. The Morgan fingerprint density at radius 1 is 0.815 bits per heavy atom. The Morgan fingerprint density at radius 2 is 1.30 bits per heavy atom. The van der Waals surface area contributed by atoms with Crippen molar-refractivity contribution in [2.24, 2.45) is 23.7 Å². The Kier molecular flexibility index (Phi) is 8.59. The van der Waals surface area contributed by atoms with Crippen molar-refractivity contribution in [3.63, 3.8) is 0 Å². The van der Waals surface area contributed by atoms with E-state index < -0.39 is 0 Å². The van der Waals surface area contributed by atoms with E-state index in [4.69, 9.17) is 0 Å². The predicted octanol–water partition coefficient (Wildman–Crippen LogP) is -1.53. The Morgan fingerprint density at radius 3 is 1.74 bits per heavy atom. The van der Waals surface area contributed by atoms with Crippen LogP contribution in [0.2, 0.25) is 0 Å². The van der Waals surface area contributed by atoms with Crippen molar-refractivity contribution in [2.45, 2.75) is 57.8 Å². The van der Waals surface area contributed by atoms with Gasteiger partial charge in [0.05, 0.1) is 54.4 Å². The van der Waals surface area contributed by atoms with E-state index in [1.165, 1.54) is 88.4 Å². The van der Waals surface area contributed by atoms with Crippen LogP contribution in [0.3, 0.4) is 0 Å². The predicted molar refractivity (Wildman–Crippen MR) is 106 cm³/mol. The van der Waals surface area contributed by atoms with E-state index in [1.807, 2.05) is 11.1 Å². The molecule has 0 amide bonds. The van der Waals surface area contributed by atoms with Crippen LogP contribution in [0.15, 0.2) is 11.1 Å². The lowest BCUT2D eigenvalue weighted by Gasteiger charge is -2.45. The van der Waals surface area contributed by atoms with E-state index in [2.05, 4.69) is 28.2 Å². The maximum Gasteiger partial charge on any atom is 0.0839 e. The normalized spacial score (nSPS) is 38.2. The summed E-state index contributed by atoms with van der Waals surface area (Å²) in [5, 5.41) is 0. The van der Waals surface area contributed by atoms with Gasteiger partial charge in [0.15, 0.2) is 0 Å². The van der Waals surface area contributed by atoms with E-state index in [-0.39, 0.29) is 48.0 Å². The topological polar surface area (TPSA) is 0 Å². The molecule has 2 saturated carbocycles. The Bertz CT molecular complexity index is 503. The first kappa shape index (κ1) is 24.4. The molecule has 4 unspecified atom stereocenters. The molecule has 0 aromatic rings. The standard InChI is InChI=1S/C23H42N2.2HI/c1-24(2,3)14-9-15-25(4)16-22-20-12-7-5-10-18(20)19-11-6-8-13-21(19)23(22)17-25;;/h20-23H,5-17H2,1-4H3;2*1H/q+2;;/p-2. The maximum absolute atomic E-state index is 2.60. The van der Waals surface area contributed by atoms with Gasteiger partial charge in [-0.15, -0.1) is 0 Å². The zero-order chi connectivity index (χ0) is 17.7. The first-order valence-electron chi connectivity index (χ1n) is 11.2. The van der Waals surface area contributed by atoms with Gasteiger partial charge in [0.1, 0.15) is 0 Å². The summed E-state index contributed by atoms with van der Waals surface area (Å²) in [6.45, 7) is 5.71. The van der Waals surface area contributed by atoms with Gasteiger partial charge in [-0.1, -0.05) is 24.0 Å². The van der Waals surface area contributed by atoms with Crippen LogP contribution >= 0.6 is 0 Å². The highest BCUT2D eigenvalue weighted by molar-refractivity contribution is 5.28. The smallest absolute Gasteiger partial charge is 0.0839 e. The zero-order valence-electron chi connectivity index (χ0n) is 18.2. The van der Waals surface area contributed by atoms with E-state index in [1.54, 1.807) is 0 Å². The van der Waals surface area contributed by atoms with Gasteiger partial charge in [-0.2, -0.15) is 0 Å². The molecule has 0 bridgehead atoms. The molecule has 27 heavy (non-hydrogen) atoms. The molecule has 0 radical (unpaired) electrons. The SMILES string of the molecule is C[N+](C)(C)CCC[N+]1(C)CC2C3CCCCC3=C3CCCCC3C2C1.[I-].[I-]. The molecule has 4 rings (SSSR count). The van der Waals surface area contributed by atoms with Crippen molar-refractivity contribution in [1.29, 1.82) is 0 Å². The van der Waals surface area contributed by atoms with Crippen LogP contribution in [0.4, 0.5) is 0 Å². The molecule has 4 heteroatoms. The molecule has 158 valence electrons. The molecular formula is C23H42I2N2. The fraction of sp³-hybridized carbons (Fsp3) is 0.913. The van der Waals surface area contributed by atoms with Gasteiger partial charge < -0.3 is 56.9 Å². The largest absolute Gasteiger partial charge is 1.00 e. The van der Waals surface area contributed by atoms with Crippen LogP contribution in [0.1, 0.15) is 57.8 Å².